The maximum absolute atomic E-state index is 11.3. The van der Waals surface area contributed by atoms with Crippen molar-refractivity contribution in [3.8, 4) is 0 Å². The summed E-state index contributed by atoms with van der Waals surface area (Å²) in [5.74, 6) is 0.885. The summed E-state index contributed by atoms with van der Waals surface area (Å²) < 4.78 is 9.76. The molecule has 0 aliphatic carbocycles. The fourth-order valence-electron chi connectivity index (χ4n) is 2.96. The molecule has 0 radical (unpaired) electrons. The van der Waals surface area contributed by atoms with Gasteiger partial charge < -0.3 is 25.4 Å². The van der Waals surface area contributed by atoms with Crippen LogP contribution in [0.2, 0.25) is 0 Å². The van der Waals surface area contributed by atoms with Crippen LogP contribution in [0.15, 0.2) is 29.4 Å². The molecule has 0 bridgehead atoms. The number of amides is 3. The fourth-order valence-corrected chi connectivity index (χ4v) is 4.83. The Morgan fingerprint density at radius 1 is 0.892 bits per heavy atom. The minimum Gasteiger partial charge on any atom is -0.375 e. The molecule has 0 unspecified atom stereocenters. The molecule has 9 nitrogen and oxygen atoms in total. The average molecular weight is 559 g/mol. The van der Waals surface area contributed by atoms with Gasteiger partial charge in [-0.3, -0.25) is 14.4 Å². The number of nitrogens with one attached hydrogen (secondary N) is 3. The normalized spacial score (nSPS) is 10.2. The molecular formula is C26H46N4O5S2. The Labute approximate surface area is 230 Å². The van der Waals surface area contributed by atoms with Crippen LogP contribution >= 0.6 is 21.6 Å². The number of aromatic nitrogens is 1. The molecule has 0 spiro atoms. The first-order valence-corrected chi connectivity index (χ1v) is 15.4. The monoisotopic (exact) mass is 558 g/mol. The smallest absolute Gasteiger partial charge is 0.245 e. The number of carbonyl (C=O) groups excluding carboxylic acids is 3. The Balaban J connectivity index is 0.000000708. The van der Waals surface area contributed by atoms with Crippen LogP contribution < -0.4 is 16.0 Å². The molecule has 0 atom stereocenters. The number of rotatable bonds is 21. The lowest BCUT2D eigenvalue weighted by molar-refractivity contribution is -0.125. The second-order valence-electron chi connectivity index (χ2n) is 8.09. The molecule has 0 aromatic carbocycles. The summed E-state index contributed by atoms with van der Waals surface area (Å²) in [7, 11) is 6.41. The van der Waals surface area contributed by atoms with Crippen molar-refractivity contribution < 1.29 is 23.9 Å². The Morgan fingerprint density at radius 2 is 1.59 bits per heavy atom. The summed E-state index contributed by atoms with van der Waals surface area (Å²) in [6.45, 7) is 3.70. The van der Waals surface area contributed by atoms with Gasteiger partial charge in [0.1, 0.15) is 18.4 Å². The Kier molecular flexibility index (Phi) is 25.9. The largest absolute Gasteiger partial charge is 0.375 e. The zero-order valence-electron chi connectivity index (χ0n) is 22.7. The van der Waals surface area contributed by atoms with Crippen LogP contribution in [-0.2, 0) is 23.9 Å². The third kappa shape index (κ3) is 25.6. The Hall–Kier alpha value is -1.82. The van der Waals surface area contributed by atoms with Crippen LogP contribution in [0.1, 0.15) is 71.1 Å². The highest BCUT2D eigenvalue weighted by Gasteiger charge is 2.02. The molecule has 3 amide bonds. The van der Waals surface area contributed by atoms with E-state index in [4.69, 9.17) is 9.47 Å². The van der Waals surface area contributed by atoms with E-state index in [0.717, 1.165) is 43.0 Å². The van der Waals surface area contributed by atoms with Gasteiger partial charge in [0.2, 0.25) is 17.7 Å². The number of ether oxygens (including phenoxy) is 2. The number of hydrogen-bond donors (Lipinski definition) is 3. The second-order valence-corrected chi connectivity index (χ2v) is 10.5. The molecule has 0 fully saturated rings. The lowest BCUT2D eigenvalue weighted by Crippen LogP contribution is -2.27. The molecule has 37 heavy (non-hydrogen) atoms. The standard InChI is InChI=1S/C15H30N2O3.C11H16N2O2S2/c1-16-14(18)11-9-7-5-3-4-6-8-10-12-17-15(19)13-20-2;1-2-15-9-13-10(14)6-8-16-17-11-5-3-4-7-12-11/h3-13H2,1-2H3,(H,16,18)(H,17,19);3-5,7H,2,6,8-9H2,1H3,(H,13,14). The van der Waals surface area contributed by atoms with Gasteiger partial charge in [-0.15, -0.1) is 0 Å². The van der Waals surface area contributed by atoms with E-state index in [2.05, 4.69) is 20.9 Å². The van der Waals surface area contributed by atoms with Crippen LogP contribution in [0.25, 0.3) is 0 Å². The van der Waals surface area contributed by atoms with Gasteiger partial charge in [0.15, 0.2) is 0 Å². The zero-order chi connectivity index (χ0) is 27.4. The molecule has 1 aromatic heterocycles. The van der Waals surface area contributed by atoms with Crippen molar-refractivity contribution in [3.05, 3.63) is 24.4 Å². The third-order valence-electron chi connectivity index (χ3n) is 4.98. The highest BCUT2D eigenvalue weighted by atomic mass is 33.1. The van der Waals surface area contributed by atoms with Crippen molar-refractivity contribution in [3.63, 3.8) is 0 Å². The predicted octanol–water partition coefficient (Wildman–Crippen LogP) is 4.33. The van der Waals surface area contributed by atoms with Crippen LogP contribution in [-0.4, -0.2) is 69.1 Å². The van der Waals surface area contributed by atoms with Crippen LogP contribution in [0.3, 0.4) is 0 Å². The van der Waals surface area contributed by atoms with E-state index >= 15 is 0 Å². The van der Waals surface area contributed by atoms with Gasteiger partial charge in [0.05, 0.1) is 0 Å². The first-order valence-electron chi connectivity index (χ1n) is 13.0. The summed E-state index contributed by atoms with van der Waals surface area (Å²) in [6, 6.07) is 5.79. The van der Waals surface area contributed by atoms with Gasteiger partial charge in [-0.1, -0.05) is 55.4 Å². The quantitative estimate of drug-likeness (QED) is 0.116. The van der Waals surface area contributed by atoms with Gasteiger partial charge in [0, 0.05) is 52.1 Å². The molecule has 3 N–H and O–H groups in total. The molecule has 1 rings (SSSR count). The number of unbranched alkanes of at least 4 members (excludes halogenated alkanes) is 7. The fraction of sp³-hybridized carbons (Fsp3) is 0.692. The van der Waals surface area contributed by atoms with Gasteiger partial charge >= 0.3 is 0 Å². The van der Waals surface area contributed by atoms with E-state index in [1.54, 1.807) is 34.8 Å². The summed E-state index contributed by atoms with van der Waals surface area (Å²) in [5, 5.41) is 9.10. The average Bonchev–Trinajstić information content (AvgIpc) is 2.91. The molecule has 0 aliphatic rings. The third-order valence-corrected chi connectivity index (χ3v) is 7.24. The highest BCUT2D eigenvalue weighted by Crippen LogP contribution is 2.29. The SMILES string of the molecule is CCOCNC(=O)CCSSc1ccccn1.CNC(=O)CCCCCCCCCCNC(=O)COC. The summed E-state index contributed by atoms with van der Waals surface area (Å²) >= 11 is 0. The summed E-state index contributed by atoms with van der Waals surface area (Å²) in [4.78, 5) is 37.5. The second kappa shape index (κ2) is 27.2. The predicted molar refractivity (Wildman–Crippen MR) is 152 cm³/mol. The zero-order valence-corrected chi connectivity index (χ0v) is 24.4. The highest BCUT2D eigenvalue weighted by molar-refractivity contribution is 8.76. The van der Waals surface area contributed by atoms with E-state index in [1.807, 2.05) is 25.1 Å². The molecule has 0 saturated carbocycles. The molecule has 212 valence electrons. The van der Waals surface area contributed by atoms with E-state index in [0.29, 0.717) is 26.2 Å². The Bertz CT molecular complexity index is 699. The number of nitrogens with zero attached hydrogens (tertiary/aromatic N) is 1. The molecular weight excluding hydrogens is 512 g/mol. The minimum atomic E-state index is -0.0383. The molecule has 0 aliphatic heterocycles. The number of methoxy groups -OCH3 is 1. The Morgan fingerprint density at radius 3 is 2.22 bits per heavy atom. The maximum Gasteiger partial charge on any atom is 0.245 e. The van der Waals surface area contributed by atoms with E-state index < -0.39 is 0 Å². The number of carbonyl (C=O) groups is 3. The first kappa shape index (κ1) is 35.2. The van der Waals surface area contributed by atoms with E-state index in [9.17, 15) is 14.4 Å². The number of pyridine rings is 1. The van der Waals surface area contributed by atoms with Crippen LogP contribution in [0.4, 0.5) is 0 Å². The molecule has 11 heteroatoms. The van der Waals surface area contributed by atoms with Crippen molar-refractivity contribution >= 4 is 39.3 Å². The molecule has 1 heterocycles. The van der Waals surface area contributed by atoms with Crippen LogP contribution in [0, 0.1) is 0 Å². The van der Waals surface area contributed by atoms with Crippen molar-refractivity contribution in [1.82, 2.24) is 20.9 Å². The lowest BCUT2D eigenvalue weighted by atomic mass is 10.1. The topological polar surface area (TPSA) is 119 Å². The van der Waals surface area contributed by atoms with Crippen molar-refractivity contribution in [2.75, 3.05) is 46.4 Å². The summed E-state index contributed by atoms with van der Waals surface area (Å²) in [5.41, 5.74) is 0. The van der Waals surface area contributed by atoms with Gasteiger partial charge in [0.25, 0.3) is 0 Å². The van der Waals surface area contributed by atoms with Gasteiger partial charge in [-0.05, 0) is 42.7 Å². The van der Waals surface area contributed by atoms with Crippen molar-refractivity contribution in [2.24, 2.45) is 0 Å². The van der Waals surface area contributed by atoms with Crippen LogP contribution in [0.5, 0.6) is 0 Å². The van der Waals surface area contributed by atoms with Gasteiger partial charge in [-0.25, -0.2) is 4.98 Å². The molecule has 1 aromatic rings. The lowest BCUT2D eigenvalue weighted by Gasteiger charge is -2.04. The minimum absolute atomic E-state index is 0.0209. The summed E-state index contributed by atoms with van der Waals surface area (Å²) in [6.07, 6.45) is 12.1. The van der Waals surface area contributed by atoms with Crippen molar-refractivity contribution in [2.45, 2.75) is 76.2 Å². The number of hydrogen-bond acceptors (Lipinski definition) is 8. The van der Waals surface area contributed by atoms with E-state index in [-0.39, 0.29) is 24.3 Å². The maximum atomic E-state index is 11.3. The first-order chi connectivity index (χ1) is 18.0. The van der Waals surface area contributed by atoms with Gasteiger partial charge in [-0.2, -0.15) is 0 Å². The molecule has 0 saturated heterocycles. The van der Waals surface area contributed by atoms with Crippen molar-refractivity contribution in [1.29, 1.82) is 0 Å². The van der Waals surface area contributed by atoms with E-state index in [1.165, 1.54) is 32.8 Å².